The van der Waals surface area contributed by atoms with Crippen molar-refractivity contribution in [2.24, 2.45) is 17.3 Å². The third-order valence-electron chi connectivity index (χ3n) is 6.92. The number of hydrogen-bond acceptors (Lipinski definition) is 4. The van der Waals surface area contributed by atoms with E-state index in [4.69, 9.17) is 9.47 Å². The van der Waals surface area contributed by atoms with Crippen molar-refractivity contribution in [3.63, 3.8) is 0 Å². The molecule has 1 aromatic rings. The predicted molar refractivity (Wildman–Crippen MR) is 81.8 cm³/mol. The summed E-state index contributed by atoms with van der Waals surface area (Å²) >= 11 is 0. The molecule has 0 N–H and O–H groups in total. The summed E-state index contributed by atoms with van der Waals surface area (Å²) in [5.74, 6) is 0.282. The number of fused-ring (bicyclic) bond motifs is 2. The van der Waals surface area contributed by atoms with Crippen LogP contribution >= 0.6 is 0 Å². The zero-order valence-electron chi connectivity index (χ0n) is 12.9. The van der Waals surface area contributed by atoms with Gasteiger partial charge in [0.05, 0.1) is 17.6 Å². The van der Waals surface area contributed by atoms with E-state index in [0.29, 0.717) is 0 Å². The Morgan fingerprint density at radius 3 is 2.78 bits per heavy atom. The molecule has 3 aliphatic heterocycles. The number of ether oxygens (including phenoxy) is 2. The Balaban J connectivity index is 1.81. The molecule has 3 saturated heterocycles. The standard InChI is InChI=1S/C19H16O4/c1-7-5-10(20)6-9-3-4-19-8(2)15-17(23-18(19)21)13-14(19)12(9)11(7)16(13)22-15/h3-6,8,13-17H,1-2H3/t8-,13-,14-,15-,16+,17-,19-/m1/s1. The lowest BCUT2D eigenvalue weighted by atomic mass is 9.52. The van der Waals surface area contributed by atoms with Crippen LogP contribution in [-0.4, -0.2) is 18.2 Å². The number of hydrogen-bond donors (Lipinski definition) is 0. The third-order valence-corrected chi connectivity index (χ3v) is 6.92. The number of esters is 1. The van der Waals surface area contributed by atoms with Crippen molar-refractivity contribution in [2.75, 3.05) is 0 Å². The highest BCUT2D eigenvalue weighted by molar-refractivity contribution is 5.88. The lowest BCUT2D eigenvalue weighted by Crippen LogP contribution is -2.63. The van der Waals surface area contributed by atoms with Crippen LogP contribution in [0.2, 0.25) is 0 Å². The molecule has 4 fully saturated rings. The summed E-state index contributed by atoms with van der Waals surface area (Å²) < 4.78 is 12.2. The van der Waals surface area contributed by atoms with Crippen LogP contribution in [-0.2, 0) is 14.3 Å². The monoisotopic (exact) mass is 308 g/mol. The molecular weight excluding hydrogens is 292 g/mol. The van der Waals surface area contributed by atoms with E-state index in [1.165, 1.54) is 0 Å². The summed E-state index contributed by atoms with van der Waals surface area (Å²) in [5.41, 5.74) is 3.60. The van der Waals surface area contributed by atoms with Gasteiger partial charge in [-0.2, -0.15) is 0 Å². The SMILES string of the molecule is Cc1cc(=O)cc2c3c1[C@@H]1O[C@H]4[C@@H]5OC(=O)[C@](C=C2)([C@@H]4C)[C@H]3[C@@H]51. The van der Waals surface area contributed by atoms with Crippen molar-refractivity contribution >= 4 is 12.0 Å². The van der Waals surface area contributed by atoms with E-state index >= 15 is 0 Å². The van der Waals surface area contributed by atoms with E-state index < -0.39 is 5.41 Å². The van der Waals surface area contributed by atoms with Gasteiger partial charge in [0.2, 0.25) is 0 Å². The maximum atomic E-state index is 12.8. The fraction of sp³-hybridized carbons (Fsp3) is 0.474. The summed E-state index contributed by atoms with van der Waals surface area (Å²) in [7, 11) is 0. The quantitative estimate of drug-likeness (QED) is 0.689. The molecule has 3 heterocycles. The smallest absolute Gasteiger partial charge is 0.317 e. The molecule has 3 aliphatic carbocycles. The van der Waals surface area contributed by atoms with Gasteiger partial charge in [-0.3, -0.25) is 9.59 Å². The Morgan fingerprint density at radius 2 is 1.96 bits per heavy atom. The Kier molecular flexibility index (Phi) is 1.86. The second kappa shape index (κ2) is 3.44. The van der Waals surface area contributed by atoms with Crippen molar-refractivity contribution in [2.45, 2.75) is 38.1 Å². The van der Waals surface area contributed by atoms with Gasteiger partial charge in [-0.05, 0) is 41.3 Å². The molecule has 0 amide bonds. The van der Waals surface area contributed by atoms with E-state index in [-0.39, 0.29) is 47.5 Å². The molecule has 7 atom stereocenters. The number of rotatable bonds is 0. The summed E-state index contributed by atoms with van der Waals surface area (Å²) in [4.78, 5) is 25.0. The predicted octanol–water partition coefficient (Wildman–Crippen LogP) is 2.10. The van der Waals surface area contributed by atoms with Crippen molar-refractivity contribution in [3.05, 3.63) is 50.7 Å². The van der Waals surface area contributed by atoms with Gasteiger partial charge in [0.15, 0.2) is 5.43 Å². The minimum atomic E-state index is -0.624. The summed E-state index contributed by atoms with van der Waals surface area (Å²) in [6, 6.07) is 3.39. The van der Waals surface area contributed by atoms with E-state index in [9.17, 15) is 9.59 Å². The average molecular weight is 308 g/mol. The zero-order valence-corrected chi connectivity index (χ0v) is 12.9. The molecule has 7 rings (SSSR count). The third kappa shape index (κ3) is 1.07. The Labute approximate surface area is 133 Å². The molecule has 4 heteroatoms. The first kappa shape index (κ1) is 12.5. The summed E-state index contributed by atoms with van der Waals surface area (Å²) in [5, 5.41) is 0. The van der Waals surface area contributed by atoms with Crippen LogP contribution in [0.15, 0.2) is 23.0 Å². The molecule has 4 nitrogen and oxygen atoms in total. The van der Waals surface area contributed by atoms with Gasteiger partial charge in [-0.25, -0.2) is 0 Å². The maximum Gasteiger partial charge on any atom is 0.317 e. The Hall–Kier alpha value is -1.94. The van der Waals surface area contributed by atoms with E-state index in [2.05, 4.69) is 6.92 Å². The fourth-order valence-corrected chi connectivity index (χ4v) is 6.09. The van der Waals surface area contributed by atoms with Gasteiger partial charge in [0.25, 0.3) is 0 Å². The number of carbonyl (C=O) groups is 1. The van der Waals surface area contributed by atoms with Crippen LogP contribution < -0.4 is 5.43 Å². The van der Waals surface area contributed by atoms with Gasteiger partial charge >= 0.3 is 5.97 Å². The molecule has 6 aliphatic rings. The van der Waals surface area contributed by atoms with Crippen LogP contribution in [0.3, 0.4) is 0 Å². The molecule has 116 valence electrons. The highest BCUT2D eigenvalue weighted by atomic mass is 16.6. The summed E-state index contributed by atoms with van der Waals surface area (Å²) in [6.45, 7) is 4.09. The van der Waals surface area contributed by atoms with E-state index in [1.54, 1.807) is 12.1 Å². The van der Waals surface area contributed by atoms with Crippen molar-refractivity contribution in [1.29, 1.82) is 0 Å². The molecule has 0 aromatic heterocycles. The molecular formula is C19H16O4. The van der Waals surface area contributed by atoms with Gasteiger partial charge in [0, 0.05) is 17.8 Å². The second-order valence-electron chi connectivity index (χ2n) is 7.66. The highest BCUT2D eigenvalue weighted by Crippen LogP contribution is 2.73. The van der Waals surface area contributed by atoms with Crippen molar-refractivity contribution in [3.8, 4) is 0 Å². The molecule has 4 bridgehead atoms. The highest BCUT2D eigenvalue weighted by Gasteiger charge is 2.76. The zero-order chi connectivity index (χ0) is 15.7. The fourth-order valence-electron chi connectivity index (χ4n) is 6.09. The minimum absolute atomic E-state index is 0.0115. The molecule has 0 unspecified atom stereocenters. The van der Waals surface area contributed by atoms with Gasteiger partial charge < -0.3 is 9.47 Å². The van der Waals surface area contributed by atoms with Gasteiger partial charge in [-0.15, -0.1) is 0 Å². The Bertz CT molecular complexity index is 901. The largest absolute Gasteiger partial charge is 0.458 e. The van der Waals surface area contributed by atoms with Crippen LogP contribution in [0.25, 0.3) is 6.08 Å². The summed E-state index contributed by atoms with van der Waals surface area (Å²) in [6.07, 6.45) is 3.74. The topological polar surface area (TPSA) is 52.6 Å². The normalized spacial score (nSPS) is 46.3. The lowest BCUT2D eigenvalue weighted by molar-refractivity contribution is -0.204. The van der Waals surface area contributed by atoms with Crippen molar-refractivity contribution in [1.82, 2.24) is 0 Å². The molecule has 1 spiro atoms. The molecule has 23 heavy (non-hydrogen) atoms. The van der Waals surface area contributed by atoms with Crippen molar-refractivity contribution < 1.29 is 14.3 Å². The van der Waals surface area contributed by atoms with Gasteiger partial charge in [-0.1, -0.05) is 19.1 Å². The first-order valence-corrected chi connectivity index (χ1v) is 8.28. The maximum absolute atomic E-state index is 12.8. The molecule has 1 aromatic carbocycles. The molecule has 0 radical (unpaired) electrons. The minimum Gasteiger partial charge on any atom is -0.458 e. The first-order chi connectivity index (χ1) is 11.0. The van der Waals surface area contributed by atoms with Crippen LogP contribution in [0.1, 0.15) is 41.2 Å². The van der Waals surface area contributed by atoms with E-state index in [0.717, 1.165) is 22.3 Å². The van der Waals surface area contributed by atoms with Crippen LogP contribution in [0.4, 0.5) is 0 Å². The Morgan fingerprint density at radius 1 is 1.13 bits per heavy atom. The lowest BCUT2D eigenvalue weighted by Gasteiger charge is -2.55. The van der Waals surface area contributed by atoms with Gasteiger partial charge in [0.1, 0.15) is 6.10 Å². The average Bonchev–Trinajstić information content (AvgIpc) is 2.95. The number of carbonyl (C=O) groups excluding carboxylic acids is 1. The second-order valence-corrected chi connectivity index (χ2v) is 7.66. The van der Waals surface area contributed by atoms with Crippen LogP contribution in [0.5, 0.6) is 0 Å². The number of aryl methyl sites for hydroxylation is 1. The first-order valence-electron chi connectivity index (χ1n) is 8.28. The molecule has 1 saturated carbocycles. The van der Waals surface area contributed by atoms with Crippen LogP contribution in [0, 0.1) is 24.2 Å². The van der Waals surface area contributed by atoms with E-state index in [1.807, 2.05) is 19.1 Å².